The number of carbonyl (C=O) groups excluding carboxylic acids is 1. The van der Waals surface area contributed by atoms with Crippen molar-refractivity contribution in [2.45, 2.75) is 32.4 Å². The number of aromatic nitrogens is 1. The molecule has 90 valence electrons. The van der Waals surface area contributed by atoms with Crippen LogP contribution in [0.3, 0.4) is 0 Å². The standard InChI is InChI=1S/C10H15N3OS.ClH/c1-7-3-2-4-13(7)10(14)8-6-15-9(5-11)12-8;/h6-7H,2-5,11H2,1H3;1H. The van der Waals surface area contributed by atoms with E-state index in [1.54, 1.807) is 5.38 Å². The van der Waals surface area contributed by atoms with Gasteiger partial charge in [0, 0.05) is 24.5 Å². The van der Waals surface area contributed by atoms with Crippen LogP contribution in [0.1, 0.15) is 35.3 Å². The molecule has 4 nitrogen and oxygen atoms in total. The normalized spacial score (nSPS) is 19.6. The topological polar surface area (TPSA) is 59.2 Å². The minimum Gasteiger partial charge on any atom is -0.335 e. The minimum atomic E-state index is 0. The van der Waals surface area contributed by atoms with Crippen molar-refractivity contribution in [3.8, 4) is 0 Å². The highest BCUT2D eigenvalue weighted by Gasteiger charge is 2.27. The molecule has 1 saturated heterocycles. The first-order valence-corrected chi connectivity index (χ1v) is 6.05. The Hall–Kier alpha value is -0.650. The summed E-state index contributed by atoms with van der Waals surface area (Å²) in [5, 5.41) is 2.63. The van der Waals surface area contributed by atoms with Gasteiger partial charge in [0.25, 0.3) is 5.91 Å². The van der Waals surface area contributed by atoms with Gasteiger partial charge in [0.1, 0.15) is 10.7 Å². The molecule has 0 bridgehead atoms. The number of rotatable bonds is 2. The van der Waals surface area contributed by atoms with Crippen LogP contribution in [0.5, 0.6) is 0 Å². The molecule has 1 aliphatic rings. The molecule has 0 spiro atoms. The summed E-state index contributed by atoms with van der Waals surface area (Å²) in [5.41, 5.74) is 6.02. The van der Waals surface area contributed by atoms with E-state index in [2.05, 4.69) is 11.9 Å². The van der Waals surface area contributed by atoms with Crippen molar-refractivity contribution in [1.82, 2.24) is 9.88 Å². The fourth-order valence-corrected chi connectivity index (χ4v) is 2.53. The molecule has 1 aromatic rings. The van der Waals surface area contributed by atoms with Gasteiger partial charge in [-0.2, -0.15) is 0 Å². The minimum absolute atomic E-state index is 0. The molecule has 1 amide bonds. The second-order valence-corrected chi connectivity index (χ2v) is 4.76. The van der Waals surface area contributed by atoms with Crippen LogP contribution >= 0.6 is 23.7 Å². The first kappa shape index (κ1) is 13.4. The Morgan fingerprint density at radius 3 is 3.00 bits per heavy atom. The van der Waals surface area contributed by atoms with Gasteiger partial charge in [-0.3, -0.25) is 4.79 Å². The number of thiazole rings is 1. The summed E-state index contributed by atoms with van der Waals surface area (Å²) in [6.45, 7) is 3.35. The molecule has 1 unspecified atom stereocenters. The molecular weight excluding hydrogens is 246 g/mol. The Labute approximate surface area is 105 Å². The van der Waals surface area contributed by atoms with E-state index in [1.165, 1.54) is 11.3 Å². The predicted molar refractivity (Wildman–Crippen MR) is 67.0 cm³/mol. The first-order chi connectivity index (χ1) is 7.22. The summed E-state index contributed by atoms with van der Waals surface area (Å²) < 4.78 is 0. The molecule has 2 heterocycles. The Morgan fingerprint density at radius 1 is 1.75 bits per heavy atom. The number of carbonyl (C=O) groups is 1. The van der Waals surface area contributed by atoms with Crippen LogP contribution in [0.15, 0.2) is 5.38 Å². The molecule has 0 aromatic carbocycles. The molecule has 2 N–H and O–H groups in total. The fourth-order valence-electron chi connectivity index (χ4n) is 1.88. The number of halogens is 1. The van der Waals surface area contributed by atoms with Crippen LogP contribution in [0.25, 0.3) is 0 Å². The van der Waals surface area contributed by atoms with Crippen molar-refractivity contribution in [2.24, 2.45) is 5.73 Å². The third kappa shape index (κ3) is 2.53. The first-order valence-electron chi connectivity index (χ1n) is 5.18. The largest absolute Gasteiger partial charge is 0.335 e. The van der Waals surface area contributed by atoms with Crippen LogP contribution in [0.4, 0.5) is 0 Å². The average molecular weight is 262 g/mol. The summed E-state index contributed by atoms with van der Waals surface area (Å²) in [6.07, 6.45) is 2.19. The summed E-state index contributed by atoms with van der Waals surface area (Å²) in [4.78, 5) is 18.1. The highest BCUT2D eigenvalue weighted by atomic mass is 35.5. The van der Waals surface area contributed by atoms with Gasteiger partial charge < -0.3 is 10.6 Å². The van der Waals surface area contributed by atoms with Crippen LogP contribution < -0.4 is 5.73 Å². The zero-order valence-electron chi connectivity index (χ0n) is 9.18. The molecular formula is C10H16ClN3OS. The molecule has 2 rings (SSSR count). The summed E-state index contributed by atoms with van der Waals surface area (Å²) >= 11 is 1.45. The van der Waals surface area contributed by atoms with E-state index in [9.17, 15) is 4.79 Å². The number of hydrogen-bond donors (Lipinski definition) is 1. The Balaban J connectivity index is 0.00000128. The second-order valence-electron chi connectivity index (χ2n) is 3.82. The SMILES string of the molecule is CC1CCCN1C(=O)c1csc(CN)n1.Cl. The number of likely N-dealkylation sites (tertiary alicyclic amines) is 1. The average Bonchev–Trinajstić information content (AvgIpc) is 2.84. The summed E-state index contributed by atoms with van der Waals surface area (Å²) in [6, 6.07) is 0.348. The maximum absolute atomic E-state index is 12.0. The van der Waals surface area contributed by atoms with Crippen molar-refractivity contribution in [2.75, 3.05) is 6.54 Å². The highest BCUT2D eigenvalue weighted by molar-refractivity contribution is 7.09. The molecule has 0 saturated carbocycles. The molecule has 0 aliphatic carbocycles. The van der Waals surface area contributed by atoms with Crippen molar-refractivity contribution in [3.63, 3.8) is 0 Å². The van der Waals surface area contributed by atoms with E-state index in [-0.39, 0.29) is 18.3 Å². The zero-order chi connectivity index (χ0) is 10.8. The van der Waals surface area contributed by atoms with Gasteiger partial charge in [0.2, 0.25) is 0 Å². The van der Waals surface area contributed by atoms with Crippen molar-refractivity contribution in [3.05, 3.63) is 16.1 Å². The maximum atomic E-state index is 12.0. The van der Waals surface area contributed by atoms with E-state index in [4.69, 9.17) is 5.73 Å². The number of nitrogens with zero attached hydrogens (tertiary/aromatic N) is 2. The zero-order valence-corrected chi connectivity index (χ0v) is 10.8. The van der Waals surface area contributed by atoms with Gasteiger partial charge in [-0.25, -0.2) is 4.98 Å². The molecule has 1 aliphatic heterocycles. The Morgan fingerprint density at radius 2 is 2.50 bits per heavy atom. The van der Waals surface area contributed by atoms with Gasteiger partial charge in [-0.15, -0.1) is 23.7 Å². The molecule has 1 fully saturated rings. The third-order valence-corrected chi connectivity index (χ3v) is 3.63. The second kappa shape index (κ2) is 5.61. The lowest BCUT2D eigenvalue weighted by atomic mass is 10.2. The quantitative estimate of drug-likeness (QED) is 0.881. The third-order valence-electron chi connectivity index (χ3n) is 2.76. The van der Waals surface area contributed by atoms with Gasteiger partial charge in [0.05, 0.1) is 0 Å². The van der Waals surface area contributed by atoms with Gasteiger partial charge in [0.15, 0.2) is 0 Å². The van der Waals surface area contributed by atoms with E-state index in [0.29, 0.717) is 18.3 Å². The number of nitrogens with two attached hydrogens (primary N) is 1. The van der Waals surface area contributed by atoms with Crippen molar-refractivity contribution in [1.29, 1.82) is 0 Å². The van der Waals surface area contributed by atoms with Crippen molar-refractivity contribution < 1.29 is 4.79 Å². The molecule has 0 radical (unpaired) electrons. The van der Waals surface area contributed by atoms with Crippen LogP contribution in [0.2, 0.25) is 0 Å². The number of hydrogen-bond acceptors (Lipinski definition) is 4. The van der Waals surface area contributed by atoms with E-state index in [1.807, 2.05) is 4.90 Å². The fraction of sp³-hybridized carbons (Fsp3) is 0.600. The van der Waals surface area contributed by atoms with Crippen LogP contribution in [-0.4, -0.2) is 28.4 Å². The lowest BCUT2D eigenvalue weighted by molar-refractivity contribution is 0.0742. The molecule has 1 aromatic heterocycles. The van der Waals surface area contributed by atoms with Gasteiger partial charge in [-0.1, -0.05) is 0 Å². The van der Waals surface area contributed by atoms with Gasteiger partial charge in [-0.05, 0) is 19.8 Å². The van der Waals surface area contributed by atoms with E-state index < -0.39 is 0 Å². The van der Waals surface area contributed by atoms with Gasteiger partial charge >= 0.3 is 0 Å². The summed E-state index contributed by atoms with van der Waals surface area (Å²) in [5.74, 6) is 0.0518. The molecule has 6 heteroatoms. The Kier molecular flexibility index (Phi) is 4.70. The Bertz CT molecular complexity index is 369. The maximum Gasteiger partial charge on any atom is 0.273 e. The van der Waals surface area contributed by atoms with Crippen molar-refractivity contribution >= 4 is 29.7 Å². The monoisotopic (exact) mass is 261 g/mol. The number of amides is 1. The molecule has 1 atom stereocenters. The van der Waals surface area contributed by atoms with E-state index >= 15 is 0 Å². The smallest absolute Gasteiger partial charge is 0.273 e. The lowest BCUT2D eigenvalue weighted by Crippen LogP contribution is -2.33. The molecule has 16 heavy (non-hydrogen) atoms. The summed E-state index contributed by atoms with van der Waals surface area (Å²) in [7, 11) is 0. The predicted octanol–water partition coefficient (Wildman–Crippen LogP) is 1.65. The van der Waals surface area contributed by atoms with Crippen LogP contribution in [0, 0.1) is 0 Å². The van der Waals surface area contributed by atoms with E-state index in [0.717, 1.165) is 24.4 Å². The highest BCUT2D eigenvalue weighted by Crippen LogP contribution is 2.20. The van der Waals surface area contributed by atoms with Crippen LogP contribution in [-0.2, 0) is 6.54 Å². The lowest BCUT2D eigenvalue weighted by Gasteiger charge is -2.19.